The maximum atomic E-state index is 15.0. The molecule has 252 valence electrons. The van der Waals surface area contributed by atoms with E-state index in [2.05, 4.69) is 0 Å². The zero-order chi connectivity index (χ0) is 35.2. The number of hydrogen-bond donors (Lipinski definition) is 2. The van der Waals surface area contributed by atoms with E-state index in [4.69, 9.17) is 0 Å². The second-order valence-electron chi connectivity index (χ2n) is 10.5. The molecular formula is C29H24F6N2O8S2. The van der Waals surface area contributed by atoms with E-state index >= 15 is 0 Å². The predicted molar refractivity (Wildman–Crippen MR) is 156 cm³/mol. The lowest BCUT2D eigenvalue weighted by molar-refractivity contribution is -0.288. The first kappa shape index (κ1) is 35.8. The Morgan fingerprint density at radius 1 is 0.638 bits per heavy atom. The second-order valence-corrected chi connectivity index (χ2v) is 12.5. The molecule has 0 radical (unpaired) electrons. The summed E-state index contributed by atoms with van der Waals surface area (Å²) < 4.78 is 89.9. The highest BCUT2D eigenvalue weighted by atomic mass is 32.2. The van der Waals surface area contributed by atoms with Crippen molar-refractivity contribution in [3.63, 3.8) is 0 Å². The van der Waals surface area contributed by atoms with Gasteiger partial charge in [0.25, 0.3) is 23.6 Å². The average molecular weight is 707 g/mol. The number of carboxylic acid groups (broad SMARTS) is 2. The molecule has 0 bridgehead atoms. The quantitative estimate of drug-likeness (QED) is 0.235. The normalized spacial score (nSPS) is 16.4. The van der Waals surface area contributed by atoms with Crippen LogP contribution in [0.1, 0.15) is 65.4 Å². The van der Waals surface area contributed by atoms with E-state index in [9.17, 15) is 65.3 Å². The number of nitrogens with zero attached hydrogens (tertiary/aromatic N) is 2. The lowest BCUT2D eigenvalue weighted by Crippen LogP contribution is -2.55. The van der Waals surface area contributed by atoms with E-state index < -0.39 is 98.8 Å². The van der Waals surface area contributed by atoms with Crippen LogP contribution in [0.5, 0.6) is 0 Å². The van der Waals surface area contributed by atoms with Crippen LogP contribution in [0.4, 0.5) is 26.3 Å². The largest absolute Gasteiger partial charge is 0.480 e. The number of fused-ring (bicyclic) bond motifs is 2. The van der Waals surface area contributed by atoms with E-state index in [0.717, 1.165) is 0 Å². The van der Waals surface area contributed by atoms with Gasteiger partial charge < -0.3 is 10.2 Å². The van der Waals surface area contributed by atoms with Crippen molar-refractivity contribution in [2.24, 2.45) is 0 Å². The Kier molecular flexibility index (Phi) is 9.79. The molecule has 2 heterocycles. The van der Waals surface area contributed by atoms with Gasteiger partial charge in [-0.1, -0.05) is 12.1 Å². The average Bonchev–Trinajstić information content (AvgIpc) is 3.36. The summed E-state index contributed by atoms with van der Waals surface area (Å²) in [6, 6.07) is -1.25. The first-order valence-electron chi connectivity index (χ1n) is 13.5. The maximum Gasteiger partial charge on any atom is 0.411 e. The SMILES string of the molecule is CSCC[C@@H](C(=O)O)N1C(=O)c2ccc(C(c3ccc4c(c3)C(=O)N([C@@H](CCSC)C(=O)O)C4=O)(C(F)(F)F)C(F)(F)F)cc2C1=O. The van der Waals surface area contributed by atoms with Crippen LogP contribution in [-0.4, -0.2) is 104 Å². The fraction of sp³-hybridized carbons (Fsp3) is 0.379. The van der Waals surface area contributed by atoms with Crippen LogP contribution in [0, 0.1) is 0 Å². The highest BCUT2D eigenvalue weighted by molar-refractivity contribution is 7.98. The number of carbonyl (C=O) groups is 6. The molecule has 2 aliphatic rings. The number of hydrogen-bond acceptors (Lipinski definition) is 8. The summed E-state index contributed by atoms with van der Waals surface area (Å²) in [4.78, 5) is 76.8. The van der Waals surface area contributed by atoms with Crippen molar-refractivity contribution in [2.45, 2.75) is 42.7 Å². The molecule has 0 fully saturated rings. The number of imide groups is 2. The summed E-state index contributed by atoms with van der Waals surface area (Å²) in [5.41, 5.74) is -11.1. The van der Waals surface area contributed by atoms with Gasteiger partial charge in [-0.3, -0.25) is 29.0 Å². The number of amides is 4. The molecule has 0 aromatic heterocycles. The van der Waals surface area contributed by atoms with Gasteiger partial charge in [0, 0.05) is 0 Å². The molecule has 0 aliphatic carbocycles. The van der Waals surface area contributed by atoms with Gasteiger partial charge in [0.05, 0.1) is 22.3 Å². The van der Waals surface area contributed by atoms with Crippen LogP contribution in [0.15, 0.2) is 36.4 Å². The Morgan fingerprint density at radius 3 is 1.23 bits per heavy atom. The van der Waals surface area contributed by atoms with Crippen molar-refractivity contribution in [1.82, 2.24) is 9.80 Å². The van der Waals surface area contributed by atoms with E-state index in [0.29, 0.717) is 24.3 Å². The minimum absolute atomic E-state index is 0.155. The van der Waals surface area contributed by atoms with Gasteiger partial charge in [0.15, 0.2) is 0 Å². The number of thioether (sulfide) groups is 2. The smallest absolute Gasteiger partial charge is 0.411 e. The minimum Gasteiger partial charge on any atom is -0.480 e. The third-order valence-corrected chi connectivity index (χ3v) is 9.22. The van der Waals surface area contributed by atoms with Gasteiger partial charge in [-0.15, -0.1) is 0 Å². The molecule has 0 saturated heterocycles. The molecule has 47 heavy (non-hydrogen) atoms. The van der Waals surface area contributed by atoms with Crippen molar-refractivity contribution in [3.05, 3.63) is 69.8 Å². The summed E-state index contributed by atoms with van der Waals surface area (Å²) in [6.07, 6.45) is -9.71. The number of carbonyl (C=O) groups excluding carboxylic acids is 4. The van der Waals surface area contributed by atoms with Gasteiger partial charge in [-0.2, -0.15) is 49.9 Å². The molecule has 2 aromatic carbocycles. The summed E-state index contributed by atoms with van der Waals surface area (Å²) in [7, 11) is 0. The predicted octanol–water partition coefficient (Wildman–Crippen LogP) is 4.70. The molecule has 2 atom stereocenters. The Bertz CT molecular complexity index is 1560. The molecular weight excluding hydrogens is 682 g/mol. The Hall–Kier alpha value is -4.06. The van der Waals surface area contributed by atoms with Crippen LogP contribution in [0.3, 0.4) is 0 Å². The number of benzene rings is 2. The van der Waals surface area contributed by atoms with Crippen molar-refractivity contribution in [1.29, 1.82) is 0 Å². The van der Waals surface area contributed by atoms with Crippen LogP contribution in [-0.2, 0) is 15.0 Å². The Labute approximate surface area is 270 Å². The fourth-order valence-corrected chi connectivity index (χ4v) is 6.64. The zero-order valence-corrected chi connectivity index (χ0v) is 25.9. The summed E-state index contributed by atoms with van der Waals surface area (Å²) in [5, 5.41) is 19.2. The maximum absolute atomic E-state index is 15.0. The van der Waals surface area contributed by atoms with Crippen molar-refractivity contribution in [3.8, 4) is 0 Å². The van der Waals surface area contributed by atoms with Crippen molar-refractivity contribution >= 4 is 59.1 Å². The molecule has 0 saturated carbocycles. The summed E-state index contributed by atoms with van der Waals surface area (Å²) in [6.45, 7) is 0. The monoisotopic (exact) mass is 706 g/mol. The van der Waals surface area contributed by atoms with Gasteiger partial charge in [-0.25, -0.2) is 9.59 Å². The number of halogens is 6. The molecule has 2 aliphatic heterocycles. The van der Waals surface area contributed by atoms with Gasteiger partial charge in [0.1, 0.15) is 12.1 Å². The van der Waals surface area contributed by atoms with Crippen molar-refractivity contribution in [2.75, 3.05) is 24.0 Å². The second kappa shape index (κ2) is 12.9. The van der Waals surface area contributed by atoms with Crippen molar-refractivity contribution < 1.29 is 65.3 Å². The van der Waals surface area contributed by atoms with Gasteiger partial charge in [0.2, 0.25) is 5.41 Å². The van der Waals surface area contributed by atoms with Gasteiger partial charge >= 0.3 is 24.3 Å². The zero-order valence-electron chi connectivity index (χ0n) is 24.3. The molecule has 0 spiro atoms. The number of rotatable bonds is 12. The number of aliphatic carboxylic acids is 2. The number of carboxylic acids is 2. The first-order chi connectivity index (χ1) is 21.9. The molecule has 0 unspecified atom stereocenters. The standard InChI is InChI=1S/C29H24F6N2O8S2/c1-46-9-7-19(25(42)43)36-21(38)15-5-3-13(11-17(15)23(36)40)27(28(30,31)32,29(33,34)35)14-4-6-16-18(12-14)24(41)37(22(16)39)20(26(44)45)8-10-47-2/h3-6,11-12,19-20H,7-10H2,1-2H3,(H,42,43)(H,44,45)/t19-,20-/m0/s1. The van der Waals surface area contributed by atoms with E-state index in [1.54, 1.807) is 12.5 Å². The van der Waals surface area contributed by atoms with Crippen LogP contribution >= 0.6 is 23.5 Å². The third-order valence-electron chi connectivity index (χ3n) is 7.94. The summed E-state index contributed by atoms with van der Waals surface area (Å²) in [5.74, 6) is -8.16. The van der Waals surface area contributed by atoms with Crippen LogP contribution in [0.25, 0.3) is 0 Å². The molecule has 4 amide bonds. The fourth-order valence-electron chi connectivity index (χ4n) is 5.72. The minimum atomic E-state index is -6.21. The number of alkyl halides is 6. The van der Waals surface area contributed by atoms with Crippen LogP contribution in [0.2, 0.25) is 0 Å². The first-order valence-corrected chi connectivity index (χ1v) is 16.3. The molecule has 18 heteroatoms. The molecule has 10 nitrogen and oxygen atoms in total. The molecule has 4 rings (SSSR count). The van der Waals surface area contributed by atoms with E-state index in [-0.39, 0.29) is 46.3 Å². The van der Waals surface area contributed by atoms with Gasteiger partial charge in [-0.05, 0) is 72.3 Å². The lowest BCUT2D eigenvalue weighted by Gasteiger charge is -2.38. The topological polar surface area (TPSA) is 149 Å². The lowest BCUT2D eigenvalue weighted by atomic mass is 9.71. The van der Waals surface area contributed by atoms with E-state index in [1.807, 2.05) is 0 Å². The van der Waals surface area contributed by atoms with Crippen LogP contribution < -0.4 is 0 Å². The highest BCUT2D eigenvalue weighted by Crippen LogP contribution is 2.57. The Balaban J connectivity index is 1.91. The Morgan fingerprint density at radius 2 is 0.957 bits per heavy atom. The third kappa shape index (κ3) is 5.74. The molecule has 2 N–H and O–H groups in total. The molecule has 2 aromatic rings. The highest BCUT2D eigenvalue weighted by Gasteiger charge is 2.73. The van der Waals surface area contributed by atoms with E-state index in [1.165, 1.54) is 23.5 Å². The summed E-state index contributed by atoms with van der Waals surface area (Å²) >= 11 is 2.35.